The van der Waals surface area contributed by atoms with E-state index < -0.39 is 0 Å². The molecule has 2 nitrogen and oxygen atoms in total. The largest absolute Gasteiger partial charge is 0.508 e. The molecule has 0 aliphatic rings. The van der Waals surface area contributed by atoms with Crippen LogP contribution in [-0.4, -0.2) is 10.2 Å². The van der Waals surface area contributed by atoms with E-state index in [2.05, 4.69) is 13.8 Å². The molecule has 1 rings (SSSR count). The summed E-state index contributed by atoms with van der Waals surface area (Å²) in [6.07, 6.45) is 1.25. The number of aromatic hydroxyl groups is 2. The van der Waals surface area contributed by atoms with Gasteiger partial charge in [0.25, 0.3) is 0 Å². The molecule has 0 amide bonds. The van der Waals surface area contributed by atoms with Gasteiger partial charge >= 0.3 is 0 Å². The van der Waals surface area contributed by atoms with Gasteiger partial charge in [0.2, 0.25) is 0 Å². The molecule has 0 atom stereocenters. The van der Waals surface area contributed by atoms with Crippen LogP contribution in [0.4, 0.5) is 0 Å². The van der Waals surface area contributed by atoms with Crippen molar-refractivity contribution >= 4 is 11.6 Å². The van der Waals surface area contributed by atoms with Crippen LogP contribution in [-0.2, 0) is 0 Å². The van der Waals surface area contributed by atoms with Gasteiger partial charge in [-0.1, -0.05) is 31.9 Å². The molecule has 1 aromatic carbocycles. The molecule has 1 aromatic rings. The maximum atomic E-state index is 8.80. The molecule has 0 aliphatic carbocycles. The lowest BCUT2D eigenvalue weighted by atomic mass is 10.3. The summed E-state index contributed by atoms with van der Waals surface area (Å²) < 4.78 is 0. The van der Waals surface area contributed by atoms with Crippen molar-refractivity contribution in [1.29, 1.82) is 0 Å². The van der Waals surface area contributed by atoms with Crippen molar-refractivity contribution in [2.45, 2.75) is 20.3 Å². The van der Waals surface area contributed by atoms with Crippen LogP contribution in [0.3, 0.4) is 0 Å². The Bertz CT molecular complexity index is 236. The van der Waals surface area contributed by atoms with Gasteiger partial charge in [0, 0.05) is 6.07 Å². The van der Waals surface area contributed by atoms with Crippen LogP contribution >= 0.6 is 11.6 Å². The molecule has 0 bridgehead atoms. The van der Waals surface area contributed by atoms with Crippen molar-refractivity contribution < 1.29 is 10.2 Å². The number of hydrogen-bond donors (Lipinski definition) is 2. The van der Waals surface area contributed by atoms with Gasteiger partial charge in [-0.05, 0) is 12.1 Å². The number of phenols is 2. The van der Waals surface area contributed by atoms with Crippen LogP contribution in [0.5, 0.6) is 11.5 Å². The summed E-state index contributed by atoms with van der Waals surface area (Å²) in [5.41, 5.74) is 0. The molecule has 0 aliphatic heterocycles. The number of rotatable bonds is 0. The van der Waals surface area contributed by atoms with Gasteiger partial charge in [0.1, 0.15) is 11.5 Å². The quantitative estimate of drug-likeness (QED) is 0.614. The lowest BCUT2D eigenvalue weighted by molar-refractivity contribution is 0.460. The SMILES string of the molecule is CCC.Oc1ccc(O)c(Cl)c1. The smallest absolute Gasteiger partial charge is 0.134 e. The molecule has 2 N–H and O–H groups in total. The molecule has 0 radical (unpaired) electrons. The van der Waals surface area contributed by atoms with E-state index in [0.717, 1.165) is 0 Å². The zero-order valence-electron chi connectivity index (χ0n) is 7.21. The number of benzene rings is 1. The fourth-order valence-corrected chi connectivity index (χ4v) is 0.671. The molecule has 0 saturated carbocycles. The van der Waals surface area contributed by atoms with E-state index in [1.807, 2.05) is 0 Å². The Hall–Kier alpha value is -0.890. The van der Waals surface area contributed by atoms with Gasteiger partial charge in [0.05, 0.1) is 5.02 Å². The molecule has 12 heavy (non-hydrogen) atoms. The van der Waals surface area contributed by atoms with E-state index in [9.17, 15) is 0 Å². The molecule has 0 fully saturated rings. The van der Waals surface area contributed by atoms with E-state index in [1.165, 1.54) is 24.6 Å². The van der Waals surface area contributed by atoms with E-state index in [4.69, 9.17) is 21.8 Å². The van der Waals surface area contributed by atoms with Crippen LogP contribution in [0.2, 0.25) is 5.02 Å². The highest BCUT2D eigenvalue weighted by Gasteiger charge is 1.95. The second-order valence-electron chi connectivity index (χ2n) is 2.34. The molecule has 0 heterocycles. The Kier molecular flexibility index (Phi) is 5.30. The Morgan fingerprint density at radius 3 is 2.08 bits per heavy atom. The van der Waals surface area contributed by atoms with E-state index in [1.54, 1.807) is 0 Å². The summed E-state index contributed by atoms with van der Waals surface area (Å²) in [4.78, 5) is 0. The van der Waals surface area contributed by atoms with Crippen molar-refractivity contribution in [3.63, 3.8) is 0 Å². The normalized spacial score (nSPS) is 8.58. The molecule has 0 aromatic heterocycles. The Labute approximate surface area is 77.4 Å². The fraction of sp³-hybridized carbons (Fsp3) is 0.333. The zero-order chi connectivity index (χ0) is 9.56. The number of hydrogen-bond acceptors (Lipinski definition) is 2. The Morgan fingerprint density at radius 2 is 1.75 bits per heavy atom. The van der Waals surface area contributed by atoms with Gasteiger partial charge in [-0.3, -0.25) is 0 Å². The van der Waals surface area contributed by atoms with E-state index in [0.29, 0.717) is 0 Å². The molecule has 0 saturated heterocycles. The highest BCUT2D eigenvalue weighted by atomic mass is 35.5. The second kappa shape index (κ2) is 5.72. The summed E-state index contributed by atoms with van der Waals surface area (Å²) >= 11 is 5.40. The first kappa shape index (κ1) is 11.1. The topological polar surface area (TPSA) is 40.5 Å². The number of phenolic OH excluding ortho intramolecular Hbond substituents is 2. The van der Waals surface area contributed by atoms with Gasteiger partial charge in [0.15, 0.2) is 0 Å². The first-order valence-electron chi connectivity index (χ1n) is 3.79. The van der Waals surface area contributed by atoms with Crippen molar-refractivity contribution in [2.75, 3.05) is 0 Å². The molecule has 3 heteroatoms. The maximum absolute atomic E-state index is 8.80. The first-order chi connectivity index (χ1) is 5.61. The molecular formula is C9H13ClO2. The zero-order valence-corrected chi connectivity index (χ0v) is 7.97. The van der Waals surface area contributed by atoms with Crippen LogP contribution in [0, 0.1) is 0 Å². The molecular weight excluding hydrogens is 176 g/mol. The van der Waals surface area contributed by atoms with E-state index >= 15 is 0 Å². The highest BCUT2D eigenvalue weighted by Crippen LogP contribution is 2.26. The first-order valence-corrected chi connectivity index (χ1v) is 4.17. The molecule has 68 valence electrons. The van der Waals surface area contributed by atoms with Gasteiger partial charge in [-0.2, -0.15) is 0 Å². The third-order valence-corrected chi connectivity index (χ3v) is 1.23. The minimum atomic E-state index is -0.0190. The predicted octanol–water partition coefficient (Wildman–Crippen LogP) is 3.17. The minimum Gasteiger partial charge on any atom is -0.508 e. The standard InChI is InChI=1S/C6H5ClO2.C3H8/c7-5-3-4(8)1-2-6(5)9;1-3-2/h1-3,8-9H;3H2,1-2H3. The summed E-state index contributed by atoms with van der Waals surface area (Å²) in [7, 11) is 0. The summed E-state index contributed by atoms with van der Waals surface area (Å²) in [5.74, 6) is 0.0345. The van der Waals surface area contributed by atoms with Crippen LogP contribution in [0.15, 0.2) is 18.2 Å². The monoisotopic (exact) mass is 188 g/mol. The summed E-state index contributed by atoms with van der Waals surface area (Å²) in [6, 6.07) is 3.97. The van der Waals surface area contributed by atoms with Gasteiger partial charge in [-0.25, -0.2) is 0 Å². The van der Waals surface area contributed by atoms with Crippen molar-refractivity contribution in [1.82, 2.24) is 0 Å². The molecule has 0 spiro atoms. The summed E-state index contributed by atoms with van der Waals surface area (Å²) in [5, 5.41) is 17.7. The average Bonchev–Trinajstić information content (AvgIpc) is 1.99. The molecule has 0 unspecified atom stereocenters. The predicted molar refractivity (Wildman–Crippen MR) is 50.7 cm³/mol. The van der Waals surface area contributed by atoms with Crippen LogP contribution in [0.25, 0.3) is 0 Å². The van der Waals surface area contributed by atoms with E-state index in [-0.39, 0.29) is 16.5 Å². The lowest BCUT2D eigenvalue weighted by Gasteiger charge is -1.94. The van der Waals surface area contributed by atoms with Crippen molar-refractivity contribution in [3.05, 3.63) is 23.2 Å². The highest BCUT2D eigenvalue weighted by molar-refractivity contribution is 6.32. The fourth-order valence-electron chi connectivity index (χ4n) is 0.496. The summed E-state index contributed by atoms with van der Waals surface area (Å²) in [6.45, 7) is 4.25. The van der Waals surface area contributed by atoms with Gasteiger partial charge < -0.3 is 10.2 Å². The number of halogens is 1. The maximum Gasteiger partial charge on any atom is 0.134 e. The Balaban J connectivity index is 0.000000354. The lowest BCUT2D eigenvalue weighted by Crippen LogP contribution is -1.66. The van der Waals surface area contributed by atoms with Crippen LogP contribution in [0.1, 0.15) is 20.3 Å². The van der Waals surface area contributed by atoms with Crippen LogP contribution < -0.4 is 0 Å². The Morgan fingerprint density at radius 1 is 1.25 bits per heavy atom. The second-order valence-corrected chi connectivity index (χ2v) is 2.75. The minimum absolute atomic E-state index is 0.0190. The van der Waals surface area contributed by atoms with Crippen molar-refractivity contribution in [3.8, 4) is 11.5 Å². The average molecular weight is 189 g/mol. The third-order valence-electron chi connectivity index (χ3n) is 0.931. The van der Waals surface area contributed by atoms with Gasteiger partial charge in [-0.15, -0.1) is 0 Å². The van der Waals surface area contributed by atoms with Crippen molar-refractivity contribution in [2.24, 2.45) is 0 Å². The third kappa shape index (κ3) is 4.09.